The zero-order chi connectivity index (χ0) is 14.9. The minimum absolute atomic E-state index is 0.118. The first-order chi connectivity index (χ1) is 9.38. The average molecular weight is 277 g/mol. The van der Waals surface area contributed by atoms with Gasteiger partial charge >= 0.3 is 5.69 Å². The number of nitro groups is 1. The van der Waals surface area contributed by atoms with E-state index in [-0.39, 0.29) is 12.1 Å². The number of nitrogens with zero attached hydrogens (tertiary/aromatic N) is 3. The Morgan fingerprint density at radius 3 is 2.60 bits per heavy atom. The molecule has 7 heteroatoms. The largest absolute Gasteiger partial charge is 0.304 e. The van der Waals surface area contributed by atoms with Gasteiger partial charge < -0.3 is 0 Å². The van der Waals surface area contributed by atoms with Crippen LogP contribution in [0.1, 0.15) is 17.1 Å². The van der Waals surface area contributed by atoms with E-state index >= 15 is 0 Å². The van der Waals surface area contributed by atoms with Gasteiger partial charge in [-0.1, -0.05) is 6.07 Å². The van der Waals surface area contributed by atoms with Crippen molar-refractivity contribution < 1.29 is 9.31 Å². The van der Waals surface area contributed by atoms with Crippen molar-refractivity contribution in [3.63, 3.8) is 0 Å². The number of rotatable bonds is 3. The summed E-state index contributed by atoms with van der Waals surface area (Å²) in [6.07, 6.45) is 0. The van der Waals surface area contributed by atoms with Crippen molar-refractivity contribution in [3.05, 3.63) is 67.6 Å². The molecule has 0 radical (unpaired) electrons. The molecule has 0 aliphatic heterocycles. The van der Waals surface area contributed by atoms with Crippen LogP contribution >= 0.6 is 0 Å². The lowest BCUT2D eigenvalue weighted by atomic mass is 10.2. The number of hydrogen-bond donors (Lipinski definition) is 0. The van der Waals surface area contributed by atoms with Gasteiger partial charge in [0.1, 0.15) is 5.82 Å². The van der Waals surface area contributed by atoms with Gasteiger partial charge in [-0.15, -0.1) is 0 Å². The second-order valence-corrected chi connectivity index (χ2v) is 4.41. The summed E-state index contributed by atoms with van der Waals surface area (Å²) in [5.41, 5.74) is 0.246. The van der Waals surface area contributed by atoms with E-state index in [9.17, 15) is 19.3 Å². The van der Waals surface area contributed by atoms with Crippen LogP contribution in [0.5, 0.6) is 0 Å². The standard InChI is InChI=1S/C13H12FN3O3/c1-8-5-13(18)16(9(2)15-8)7-10-3-4-12(17(19)20)11(14)6-10/h3-6H,7H2,1-2H3. The first-order valence-corrected chi connectivity index (χ1v) is 5.86. The van der Waals surface area contributed by atoms with Crippen LogP contribution in [0.4, 0.5) is 10.1 Å². The highest BCUT2D eigenvalue weighted by molar-refractivity contribution is 5.35. The molecule has 0 saturated carbocycles. The summed E-state index contributed by atoms with van der Waals surface area (Å²) in [6, 6.07) is 4.96. The van der Waals surface area contributed by atoms with Gasteiger partial charge in [0.25, 0.3) is 5.56 Å². The van der Waals surface area contributed by atoms with Crippen LogP contribution < -0.4 is 5.56 Å². The highest BCUT2D eigenvalue weighted by atomic mass is 19.1. The molecule has 1 aromatic carbocycles. The molecule has 0 fully saturated rings. The highest BCUT2D eigenvalue weighted by Gasteiger charge is 2.14. The summed E-state index contributed by atoms with van der Waals surface area (Å²) in [5, 5.41) is 10.5. The Morgan fingerprint density at radius 2 is 2.05 bits per heavy atom. The van der Waals surface area contributed by atoms with Crippen molar-refractivity contribution in [3.8, 4) is 0 Å². The normalized spacial score (nSPS) is 10.6. The molecule has 6 nitrogen and oxygen atoms in total. The number of hydrogen-bond acceptors (Lipinski definition) is 4. The molecule has 0 unspecified atom stereocenters. The molecule has 2 rings (SSSR count). The van der Waals surface area contributed by atoms with Crippen LogP contribution in [0.15, 0.2) is 29.1 Å². The van der Waals surface area contributed by atoms with E-state index in [0.29, 0.717) is 17.1 Å². The summed E-state index contributed by atoms with van der Waals surface area (Å²) < 4.78 is 14.9. The number of aromatic nitrogens is 2. The minimum atomic E-state index is -0.918. The molecule has 104 valence electrons. The number of nitro benzene ring substituents is 1. The van der Waals surface area contributed by atoms with Crippen molar-refractivity contribution in [1.29, 1.82) is 0 Å². The van der Waals surface area contributed by atoms with Crippen molar-refractivity contribution in [2.45, 2.75) is 20.4 Å². The number of aryl methyl sites for hydroxylation is 2. The smallest absolute Gasteiger partial charge is 0.292 e. The molecular formula is C13H12FN3O3. The van der Waals surface area contributed by atoms with Crippen LogP contribution in [-0.4, -0.2) is 14.5 Å². The Morgan fingerprint density at radius 1 is 1.35 bits per heavy atom. The van der Waals surface area contributed by atoms with E-state index in [1.54, 1.807) is 13.8 Å². The van der Waals surface area contributed by atoms with Crippen LogP contribution in [-0.2, 0) is 6.54 Å². The quantitative estimate of drug-likeness (QED) is 0.634. The minimum Gasteiger partial charge on any atom is -0.292 e. The van der Waals surface area contributed by atoms with Crippen LogP contribution in [0.2, 0.25) is 0 Å². The second-order valence-electron chi connectivity index (χ2n) is 4.41. The lowest BCUT2D eigenvalue weighted by molar-refractivity contribution is -0.387. The van der Waals surface area contributed by atoms with Crippen molar-refractivity contribution >= 4 is 5.69 Å². The third-order valence-electron chi connectivity index (χ3n) is 2.88. The first kappa shape index (κ1) is 13.9. The van der Waals surface area contributed by atoms with Gasteiger partial charge in [0.15, 0.2) is 0 Å². The van der Waals surface area contributed by atoms with E-state index in [2.05, 4.69) is 4.98 Å². The van der Waals surface area contributed by atoms with Gasteiger partial charge in [0.05, 0.1) is 11.5 Å². The summed E-state index contributed by atoms with van der Waals surface area (Å²) in [6.45, 7) is 3.51. The summed E-state index contributed by atoms with van der Waals surface area (Å²) in [4.78, 5) is 25.8. The van der Waals surface area contributed by atoms with Gasteiger partial charge in [0, 0.05) is 17.8 Å². The molecule has 2 aromatic rings. The SMILES string of the molecule is Cc1cc(=O)n(Cc2ccc([N+](=O)[O-])c(F)c2)c(C)n1. The third-order valence-corrected chi connectivity index (χ3v) is 2.88. The monoisotopic (exact) mass is 277 g/mol. The van der Waals surface area contributed by atoms with Gasteiger partial charge in [-0.25, -0.2) is 4.98 Å². The van der Waals surface area contributed by atoms with E-state index in [4.69, 9.17) is 0 Å². The van der Waals surface area contributed by atoms with E-state index in [1.807, 2.05) is 0 Å². The predicted octanol–water partition coefficient (Wildman–Crippen LogP) is 1.96. The summed E-state index contributed by atoms with van der Waals surface area (Å²) in [7, 11) is 0. The molecule has 0 saturated heterocycles. The first-order valence-electron chi connectivity index (χ1n) is 5.86. The zero-order valence-corrected chi connectivity index (χ0v) is 11.0. The Bertz CT molecular complexity index is 740. The molecule has 20 heavy (non-hydrogen) atoms. The zero-order valence-electron chi connectivity index (χ0n) is 11.0. The molecule has 0 N–H and O–H groups in total. The van der Waals surface area contributed by atoms with E-state index in [1.165, 1.54) is 16.7 Å². The van der Waals surface area contributed by atoms with Gasteiger partial charge in [0.2, 0.25) is 5.82 Å². The molecule has 0 aliphatic rings. The fraction of sp³-hybridized carbons (Fsp3) is 0.231. The Kier molecular flexibility index (Phi) is 3.60. The fourth-order valence-electron chi connectivity index (χ4n) is 1.94. The van der Waals surface area contributed by atoms with Crippen molar-refractivity contribution in [2.75, 3.05) is 0 Å². The maximum Gasteiger partial charge on any atom is 0.304 e. The Balaban J connectivity index is 2.39. The third kappa shape index (κ3) is 2.71. The second kappa shape index (κ2) is 5.20. The number of benzene rings is 1. The molecule has 0 aliphatic carbocycles. The Hall–Kier alpha value is -2.57. The van der Waals surface area contributed by atoms with Crippen LogP contribution in [0, 0.1) is 29.8 Å². The topological polar surface area (TPSA) is 78.0 Å². The summed E-state index contributed by atoms with van der Waals surface area (Å²) in [5.74, 6) is -0.410. The Labute approximate surface area is 113 Å². The predicted molar refractivity (Wildman–Crippen MR) is 70.1 cm³/mol. The molecule has 0 bridgehead atoms. The maximum absolute atomic E-state index is 13.5. The van der Waals surface area contributed by atoms with Crippen molar-refractivity contribution in [1.82, 2.24) is 9.55 Å². The molecule has 0 spiro atoms. The van der Waals surface area contributed by atoms with Gasteiger partial charge in [-0.3, -0.25) is 19.5 Å². The molecular weight excluding hydrogens is 265 g/mol. The lowest BCUT2D eigenvalue weighted by Crippen LogP contribution is -2.24. The maximum atomic E-state index is 13.5. The number of halogens is 1. The molecule has 1 aromatic heterocycles. The van der Waals surface area contributed by atoms with Gasteiger partial charge in [-0.2, -0.15) is 4.39 Å². The lowest BCUT2D eigenvalue weighted by Gasteiger charge is -2.09. The fourth-order valence-corrected chi connectivity index (χ4v) is 1.94. The van der Waals surface area contributed by atoms with Crippen molar-refractivity contribution in [2.24, 2.45) is 0 Å². The molecule has 1 heterocycles. The van der Waals surface area contributed by atoms with E-state index in [0.717, 1.165) is 12.1 Å². The highest BCUT2D eigenvalue weighted by Crippen LogP contribution is 2.18. The van der Waals surface area contributed by atoms with E-state index < -0.39 is 16.4 Å². The molecule has 0 amide bonds. The van der Waals surface area contributed by atoms with Gasteiger partial charge in [-0.05, 0) is 25.5 Å². The summed E-state index contributed by atoms with van der Waals surface area (Å²) >= 11 is 0. The van der Waals surface area contributed by atoms with Crippen LogP contribution in [0.25, 0.3) is 0 Å². The average Bonchev–Trinajstić information content (AvgIpc) is 2.33. The van der Waals surface area contributed by atoms with Crippen LogP contribution in [0.3, 0.4) is 0 Å². The molecule has 0 atom stereocenters.